The van der Waals surface area contributed by atoms with Gasteiger partial charge in [-0.15, -0.1) is 8.57 Å². The maximum atomic E-state index is 10.7. The number of amides is 2. The molecule has 88 valence electrons. The Balaban J connectivity index is 3.98. The van der Waals surface area contributed by atoms with Crippen LogP contribution in [-0.4, -0.2) is 34.8 Å². The topological polar surface area (TPSA) is 129 Å². The summed E-state index contributed by atoms with van der Waals surface area (Å²) in [6.07, 6.45) is -2.33. The van der Waals surface area contributed by atoms with Crippen molar-refractivity contribution >= 4 is 22.6 Å². The van der Waals surface area contributed by atoms with E-state index < -0.39 is 22.6 Å². The van der Waals surface area contributed by atoms with Crippen molar-refractivity contribution in [1.82, 2.24) is 11.0 Å². The van der Waals surface area contributed by atoms with E-state index >= 15 is 0 Å². The smallest absolute Gasteiger partial charge is 0.442 e. The zero-order chi connectivity index (χ0) is 11.9. The molecular formula is C4H8N2O8S. The zero-order valence-electron chi connectivity index (χ0n) is 7.67. The van der Waals surface area contributed by atoms with Crippen LogP contribution in [0.1, 0.15) is 0 Å². The summed E-state index contributed by atoms with van der Waals surface area (Å²) in [6, 6.07) is 0. The van der Waals surface area contributed by atoms with Crippen molar-refractivity contribution in [3.63, 3.8) is 0 Å². The van der Waals surface area contributed by atoms with E-state index in [0.717, 1.165) is 14.2 Å². The third-order valence-electron chi connectivity index (χ3n) is 0.825. The Bertz CT molecular complexity index is 298. The number of carbonyl (C=O) groups is 2. The molecule has 0 aliphatic carbocycles. The predicted molar refractivity (Wildman–Crippen MR) is 42.2 cm³/mol. The molecule has 0 aliphatic heterocycles. The number of hydrogen-bond donors (Lipinski definition) is 2. The highest BCUT2D eigenvalue weighted by atomic mass is 32.3. The average Bonchev–Trinajstić information content (AvgIpc) is 2.22. The Morgan fingerprint density at radius 3 is 1.53 bits per heavy atom. The lowest BCUT2D eigenvalue weighted by molar-refractivity contribution is 0.0812. The maximum absolute atomic E-state index is 10.7. The quantitative estimate of drug-likeness (QED) is 0.590. The summed E-state index contributed by atoms with van der Waals surface area (Å²) in [5.74, 6) is 0. The first-order valence-electron chi connectivity index (χ1n) is 3.21. The standard InChI is InChI=1S/C4H8N2O8S/c1-11-3(7)5-13-15(9,10)14-6-4(8)12-2/h1-2H3,(H,5,7)(H,6,8). The fraction of sp³-hybridized carbons (Fsp3) is 0.500. The predicted octanol–water partition coefficient (Wildman–Crippen LogP) is -1.19. The van der Waals surface area contributed by atoms with Gasteiger partial charge < -0.3 is 9.47 Å². The number of hydrogen-bond acceptors (Lipinski definition) is 8. The lowest BCUT2D eigenvalue weighted by Gasteiger charge is -2.05. The van der Waals surface area contributed by atoms with Crippen LogP contribution in [0.25, 0.3) is 0 Å². The van der Waals surface area contributed by atoms with Gasteiger partial charge in [-0.05, 0) is 0 Å². The van der Waals surface area contributed by atoms with Crippen LogP contribution in [0.4, 0.5) is 9.59 Å². The number of hydroxylamine groups is 2. The fourth-order valence-corrected chi connectivity index (χ4v) is 0.645. The molecule has 0 unspecified atom stereocenters. The van der Waals surface area contributed by atoms with Crippen LogP contribution in [0.3, 0.4) is 0 Å². The summed E-state index contributed by atoms with van der Waals surface area (Å²) in [7, 11) is -2.65. The van der Waals surface area contributed by atoms with Crippen molar-refractivity contribution < 1.29 is 36.0 Å². The molecule has 0 aromatic heterocycles. The van der Waals surface area contributed by atoms with Gasteiger partial charge in [-0.2, -0.15) is 19.4 Å². The van der Waals surface area contributed by atoms with Crippen molar-refractivity contribution in [3.05, 3.63) is 0 Å². The minimum Gasteiger partial charge on any atom is -0.451 e. The highest BCUT2D eigenvalue weighted by Gasteiger charge is 2.17. The Labute approximate surface area is 84.7 Å². The molecule has 0 aliphatic rings. The van der Waals surface area contributed by atoms with Gasteiger partial charge in [-0.3, -0.25) is 0 Å². The van der Waals surface area contributed by atoms with Gasteiger partial charge in [0.25, 0.3) is 0 Å². The Kier molecular flexibility index (Phi) is 5.36. The number of carbonyl (C=O) groups excluding carboxylic acids is 2. The van der Waals surface area contributed by atoms with Gasteiger partial charge in [0, 0.05) is 0 Å². The molecule has 0 aromatic carbocycles. The van der Waals surface area contributed by atoms with Crippen molar-refractivity contribution in [3.8, 4) is 0 Å². The molecule has 0 bridgehead atoms. The third kappa shape index (κ3) is 6.48. The molecule has 2 amide bonds. The summed E-state index contributed by atoms with van der Waals surface area (Å²) < 4.78 is 36.8. The van der Waals surface area contributed by atoms with E-state index in [1.54, 1.807) is 0 Å². The second kappa shape index (κ2) is 6.00. The molecule has 0 radical (unpaired) electrons. The van der Waals surface area contributed by atoms with Gasteiger partial charge in [0.1, 0.15) is 0 Å². The lowest BCUT2D eigenvalue weighted by Crippen LogP contribution is -2.33. The van der Waals surface area contributed by atoms with Crippen LogP contribution in [0.5, 0.6) is 0 Å². The third-order valence-corrected chi connectivity index (χ3v) is 1.40. The van der Waals surface area contributed by atoms with Gasteiger partial charge in [0.2, 0.25) is 0 Å². The number of nitrogens with one attached hydrogen (secondary N) is 2. The molecular weight excluding hydrogens is 236 g/mol. The largest absolute Gasteiger partial charge is 0.451 e. The van der Waals surface area contributed by atoms with Gasteiger partial charge in [0.05, 0.1) is 14.2 Å². The number of methoxy groups -OCH3 is 2. The molecule has 15 heavy (non-hydrogen) atoms. The molecule has 2 N–H and O–H groups in total. The van der Waals surface area contributed by atoms with E-state index in [4.69, 9.17) is 0 Å². The molecule has 0 saturated heterocycles. The maximum Gasteiger partial charge on any atom is 0.442 e. The molecule has 11 heteroatoms. The SMILES string of the molecule is COC(=O)NOS(=O)(=O)ONC(=O)OC. The normalized spacial score (nSPS) is 10.3. The Morgan fingerprint density at radius 2 is 1.27 bits per heavy atom. The first-order valence-corrected chi connectivity index (χ1v) is 4.54. The highest BCUT2D eigenvalue weighted by Crippen LogP contribution is 1.90. The molecule has 0 saturated carbocycles. The number of ether oxygens (including phenoxy) is 2. The minimum atomic E-state index is -4.62. The van der Waals surface area contributed by atoms with E-state index in [1.807, 2.05) is 0 Å². The van der Waals surface area contributed by atoms with Crippen LogP contribution in [0, 0.1) is 0 Å². The van der Waals surface area contributed by atoms with E-state index in [1.165, 1.54) is 11.0 Å². The Hall–Kier alpha value is -1.59. The molecule has 0 heterocycles. The molecule has 0 fully saturated rings. The lowest BCUT2D eigenvalue weighted by atomic mass is 11.2. The van der Waals surface area contributed by atoms with Gasteiger partial charge >= 0.3 is 22.6 Å². The van der Waals surface area contributed by atoms with Crippen LogP contribution >= 0.6 is 0 Å². The van der Waals surface area contributed by atoms with Crippen molar-refractivity contribution in [2.75, 3.05) is 14.2 Å². The zero-order valence-corrected chi connectivity index (χ0v) is 8.49. The Morgan fingerprint density at radius 1 is 0.933 bits per heavy atom. The van der Waals surface area contributed by atoms with Crippen molar-refractivity contribution in [2.45, 2.75) is 0 Å². The van der Waals surface area contributed by atoms with Gasteiger partial charge in [-0.25, -0.2) is 9.59 Å². The molecule has 0 spiro atoms. The van der Waals surface area contributed by atoms with Gasteiger partial charge in [0.15, 0.2) is 0 Å². The second-order valence-electron chi connectivity index (χ2n) is 1.76. The summed E-state index contributed by atoms with van der Waals surface area (Å²) in [4.78, 5) is 20.7. The van der Waals surface area contributed by atoms with Crippen molar-refractivity contribution in [2.24, 2.45) is 0 Å². The van der Waals surface area contributed by atoms with Crippen LogP contribution in [-0.2, 0) is 28.4 Å². The van der Waals surface area contributed by atoms with Gasteiger partial charge in [-0.1, -0.05) is 0 Å². The second-order valence-corrected chi connectivity index (χ2v) is 2.91. The van der Waals surface area contributed by atoms with E-state index in [0.29, 0.717) is 0 Å². The molecule has 10 nitrogen and oxygen atoms in total. The van der Waals surface area contributed by atoms with Crippen LogP contribution in [0.15, 0.2) is 0 Å². The number of rotatable bonds is 4. The highest BCUT2D eigenvalue weighted by molar-refractivity contribution is 7.81. The van der Waals surface area contributed by atoms with E-state index in [9.17, 15) is 18.0 Å². The molecule has 0 atom stereocenters. The monoisotopic (exact) mass is 244 g/mol. The summed E-state index contributed by atoms with van der Waals surface area (Å²) in [5, 5.41) is 0. The van der Waals surface area contributed by atoms with Crippen LogP contribution < -0.4 is 11.0 Å². The first-order chi connectivity index (χ1) is 6.91. The minimum absolute atomic E-state index is 0.985. The summed E-state index contributed by atoms with van der Waals surface area (Å²) >= 11 is 0. The summed E-state index contributed by atoms with van der Waals surface area (Å²) in [6.45, 7) is 0. The van der Waals surface area contributed by atoms with E-state index in [-0.39, 0.29) is 0 Å². The average molecular weight is 244 g/mol. The molecule has 0 aromatic rings. The van der Waals surface area contributed by atoms with Crippen molar-refractivity contribution in [1.29, 1.82) is 0 Å². The molecule has 0 rings (SSSR count). The fourth-order valence-electron chi connectivity index (χ4n) is 0.270. The summed E-state index contributed by atoms with van der Waals surface area (Å²) in [5.41, 5.74) is 2.70. The first kappa shape index (κ1) is 13.4. The van der Waals surface area contributed by atoms with E-state index in [2.05, 4.69) is 18.0 Å². The van der Waals surface area contributed by atoms with Crippen LogP contribution in [0.2, 0.25) is 0 Å².